The Morgan fingerprint density at radius 3 is 2.60 bits per heavy atom. The summed E-state index contributed by atoms with van der Waals surface area (Å²) in [4.78, 5) is 11.8. The van der Waals surface area contributed by atoms with Crippen LogP contribution in [0.15, 0.2) is 30.3 Å². The average molecular weight is 275 g/mol. The summed E-state index contributed by atoms with van der Waals surface area (Å²) >= 11 is 0. The lowest BCUT2D eigenvalue weighted by Crippen LogP contribution is -2.28. The number of hydrogen-bond acceptors (Lipinski definition) is 2. The van der Waals surface area contributed by atoms with Crippen LogP contribution < -0.4 is 5.32 Å². The first-order chi connectivity index (χ1) is 9.75. The number of rotatable bonds is 6. The molecule has 0 radical (unpaired) electrons. The van der Waals surface area contributed by atoms with E-state index in [1.807, 2.05) is 30.3 Å². The molecule has 1 aliphatic carbocycles. The zero-order chi connectivity index (χ0) is 14.2. The predicted octanol–water partition coefficient (Wildman–Crippen LogP) is 3.20. The molecule has 1 aromatic carbocycles. The molecule has 0 aromatic heterocycles. The van der Waals surface area contributed by atoms with Gasteiger partial charge in [-0.3, -0.25) is 4.79 Å². The normalized spacial score (nSPS) is 17.6. The minimum Gasteiger partial charge on any atom is -0.387 e. The van der Waals surface area contributed by atoms with Crippen molar-refractivity contribution in [1.29, 1.82) is 0 Å². The molecule has 0 spiro atoms. The quantitative estimate of drug-likeness (QED) is 0.837. The summed E-state index contributed by atoms with van der Waals surface area (Å²) in [7, 11) is 0. The largest absolute Gasteiger partial charge is 0.387 e. The van der Waals surface area contributed by atoms with E-state index in [4.69, 9.17) is 0 Å². The molecule has 110 valence electrons. The standard InChI is InChI=1S/C17H25NO2/c19-16(15-9-5-2-6-10-15)13-18-17(20)12-11-14-7-3-1-4-8-14/h2,5-6,9-10,14,16,19H,1,3-4,7-8,11-13H2,(H,18,20). The summed E-state index contributed by atoms with van der Waals surface area (Å²) in [6.45, 7) is 0.299. The molecule has 1 unspecified atom stereocenters. The average Bonchev–Trinajstić information content (AvgIpc) is 2.52. The molecule has 1 fully saturated rings. The van der Waals surface area contributed by atoms with Crippen LogP contribution in [-0.4, -0.2) is 17.6 Å². The molecule has 0 saturated heterocycles. The Hall–Kier alpha value is -1.35. The van der Waals surface area contributed by atoms with E-state index in [0.717, 1.165) is 17.9 Å². The van der Waals surface area contributed by atoms with Gasteiger partial charge in [0.2, 0.25) is 5.91 Å². The minimum absolute atomic E-state index is 0.0607. The molecule has 0 bridgehead atoms. The van der Waals surface area contributed by atoms with Crippen LogP contribution in [0.1, 0.15) is 56.6 Å². The molecule has 1 saturated carbocycles. The number of amides is 1. The van der Waals surface area contributed by atoms with E-state index in [0.29, 0.717) is 13.0 Å². The Morgan fingerprint density at radius 1 is 1.20 bits per heavy atom. The molecule has 20 heavy (non-hydrogen) atoms. The molecule has 1 aliphatic rings. The third-order valence-electron chi connectivity index (χ3n) is 4.18. The molecule has 1 amide bonds. The Kier molecular flexibility index (Phi) is 6.06. The van der Waals surface area contributed by atoms with Gasteiger partial charge in [0.05, 0.1) is 6.10 Å². The van der Waals surface area contributed by atoms with Gasteiger partial charge >= 0.3 is 0 Å². The lowest BCUT2D eigenvalue weighted by molar-refractivity contribution is -0.121. The summed E-state index contributed by atoms with van der Waals surface area (Å²) < 4.78 is 0. The van der Waals surface area contributed by atoms with Gasteiger partial charge in [0, 0.05) is 13.0 Å². The maximum atomic E-state index is 11.8. The van der Waals surface area contributed by atoms with Crippen LogP contribution in [0.5, 0.6) is 0 Å². The van der Waals surface area contributed by atoms with Crippen LogP contribution >= 0.6 is 0 Å². The first-order valence-electron chi connectivity index (χ1n) is 7.75. The molecule has 3 nitrogen and oxygen atoms in total. The van der Waals surface area contributed by atoms with E-state index >= 15 is 0 Å². The fourth-order valence-corrected chi connectivity index (χ4v) is 2.90. The predicted molar refractivity (Wildman–Crippen MR) is 80.2 cm³/mol. The van der Waals surface area contributed by atoms with E-state index in [-0.39, 0.29) is 5.91 Å². The van der Waals surface area contributed by atoms with Crippen LogP contribution in [0, 0.1) is 5.92 Å². The Balaban J connectivity index is 1.64. The van der Waals surface area contributed by atoms with Gasteiger partial charge < -0.3 is 10.4 Å². The van der Waals surface area contributed by atoms with Crippen LogP contribution in [0.2, 0.25) is 0 Å². The van der Waals surface area contributed by atoms with Gasteiger partial charge in [-0.2, -0.15) is 0 Å². The topological polar surface area (TPSA) is 49.3 Å². The first-order valence-corrected chi connectivity index (χ1v) is 7.75. The van der Waals surface area contributed by atoms with Crippen molar-refractivity contribution < 1.29 is 9.90 Å². The second-order valence-electron chi connectivity index (χ2n) is 5.77. The maximum absolute atomic E-state index is 11.8. The van der Waals surface area contributed by atoms with Crippen molar-refractivity contribution >= 4 is 5.91 Å². The number of carbonyl (C=O) groups excluding carboxylic acids is 1. The van der Waals surface area contributed by atoms with E-state index in [9.17, 15) is 9.90 Å². The number of nitrogens with one attached hydrogen (secondary N) is 1. The summed E-state index contributed by atoms with van der Waals surface area (Å²) in [5.41, 5.74) is 0.847. The fourth-order valence-electron chi connectivity index (χ4n) is 2.90. The van der Waals surface area contributed by atoms with Crippen LogP contribution in [0.4, 0.5) is 0 Å². The van der Waals surface area contributed by atoms with E-state index in [1.165, 1.54) is 32.1 Å². The fraction of sp³-hybridized carbons (Fsp3) is 0.588. The Morgan fingerprint density at radius 2 is 1.90 bits per heavy atom. The number of aliphatic hydroxyl groups excluding tert-OH is 1. The monoisotopic (exact) mass is 275 g/mol. The first kappa shape index (κ1) is 15.0. The molecular weight excluding hydrogens is 250 g/mol. The number of hydrogen-bond donors (Lipinski definition) is 2. The third-order valence-corrected chi connectivity index (χ3v) is 4.18. The highest BCUT2D eigenvalue weighted by molar-refractivity contribution is 5.75. The summed E-state index contributed by atoms with van der Waals surface area (Å²) in [5.74, 6) is 0.791. The summed E-state index contributed by atoms with van der Waals surface area (Å²) in [6, 6.07) is 9.45. The van der Waals surface area contributed by atoms with Crippen LogP contribution in [0.3, 0.4) is 0 Å². The highest BCUT2D eigenvalue weighted by atomic mass is 16.3. The molecular formula is C17H25NO2. The van der Waals surface area contributed by atoms with Gasteiger partial charge in [0.15, 0.2) is 0 Å². The molecule has 0 heterocycles. The summed E-state index contributed by atoms with van der Waals surface area (Å²) in [5, 5.41) is 12.8. The molecule has 3 heteroatoms. The van der Waals surface area contributed by atoms with Gasteiger partial charge in [-0.05, 0) is 17.9 Å². The van der Waals surface area contributed by atoms with Gasteiger partial charge in [-0.25, -0.2) is 0 Å². The van der Waals surface area contributed by atoms with E-state index in [1.54, 1.807) is 0 Å². The van der Waals surface area contributed by atoms with Crippen molar-refractivity contribution in [2.45, 2.75) is 51.0 Å². The second kappa shape index (κ2) is 8.05. The van der Waals surface area contributed by atoms with Crippen LogP contribution in [-0.2, 0) is 4.79 Å². The molecule has 1 aromatic rings. The zero-order valence-corrected chi connectivity index (χ0v) is 12.1. The molecule has 2 N–H and O–H groups in total. The van der Waals surface area contributed by atoms with E-state index in [2.05, 4.69) is 5.32 Å². The SMILES string of the molecule is O=C(CCC1CCCCC1)NCC(O)c1ccccc1. The van der Waals surface area contributed by atoms with Crippen molar-refractivity contribution in [2.24, 2.45) is 5.92 Å². The third kappa shape index (κ3) is 4.97. The number of benzene rings is 1. The zero-order valence-electron chi connectivity index (χ0n) is 12.1. The minimum atomic E-state index is -0.616. The van der Waals surface area contributed by atoms with Crippen molar-refractivity contribution in [3.05, 3.63) is 35.9 Å². The Bertz CT molecular complexity index is 399. The second-order valence-corrected chi connectivity index (χ2v) is 5.77. The summed E-state index contributed by atoms with van der Waals surface area (Å²) in [6.07, 6.45) is 7.51. The maximum Gasteiger partial charge on any atom is 0.220 e. The van der Waals surface area contributed by atoms with Crippen LogP contribution in [0.25, 0.3) is 0 Å². The Labute approximate surface area is 121 Å². The van der Waals surface area contributed by atoms with Crippen molar-refractivity contribution in [3.8, 4) is 0 Å². The highest BCUT2D eigenvalue weighted by Crippen LogP contribution is 2.27. The molecule has 2 rings (SSSR count). The van der Waals surface area contributed by atoms with Gasteiger partial charge in [-0.15, -0.1) is 0 Å². The lowest BCUT2D eigenvalue weighted by Gasteiger charge is -2.21. The van der Waals surface area contributed by atoms with Gasteiger partial charge in [0.25, 0.3) is 0 Å². The number of carbonyl (C=O) groups is 1. The smallest absolute Gasteiger partial charge is 0.220 e. The van der Waals surface area contributed by atoms with Crippen molar-refractivity contribution in [2.75, 3.05) is 6.54 Å². The van der Waals surface area contributed by atoms with Gasteiger partial charge in [-0.1, -0.05) is 62.4 Å². The van der Waals surface area contributed by atoms with E-state index < -0.39 is 6.10 Å². The van der Waals surface area contributed by atoms with Gasteiger partial charge in [0.1, 0.15) is 0 Å². The lowest BCUT2D eigenvalue weighted by atomic mass is 9.86. The highest BCUT2D eigenvalue weighted by Gasteiger charge is 2.15. The number of aliphatic hydroxyl groups is 1. The van der Waals surface area contributed by atoms with Crippen molar-refractivity contribution in [3.63, 3.8) is 0 Å². The van der Waals surface area contributed by atoms with Crippen molar-refractivity contribution in [1.82, 2.24) is 5.32 Å². The molecule has 0 aliphatic heterocycles. The molecule has 1 atom stereocenters.